The molecule has 0 saturated carbocycles. The van der Waals surface area contributed by atoms with Gasteiger partial charge in [0.05, 0.1) is 18.8 Å². The fourth-order valence-electron chi connectivity index (χ4n) is 2.37. The van der Waals surface area contributed by atoms with Crippen LogP contribution >= 0.6 is 0 Å². The summed E-state index contributed by atoms with van der Waals surface area (Å²) in [5.74, 6) is -6.06. The fourth-order valence-corrected chi connectivity index (χ4v) is 2.86. The summed E-state index contributed by atoms with van der Waals surface area (Å²) in [5.41, 5.74) is 0. The predicted molar refractivity (Wildman–Crippen MR) is 76.6 cm³/mol. The maximum absolute atomic E-state index is 11.4. The average molecular weight is 405 g/mol. The van der Waals surface area contributed by atoms with E-state index in [0.29, 0.717) is 0 Å². The van der Waals surface area contributed by atoms with Crippen LogP contribution in [0.25, 0.3) is 0 Å². The number of aliphatic hydroxyl groups excluding tert-OH is 4. The van der Waals surface area contributed by atoms with Gasteiger partial charge in [0.25, 0.3) is 5.79 Å². The fraction of sp³-hybridized carbons (Fsp3) is 0.818. The van der Waals surface area contributed by atoms with Crippen molar-refractivity contribution < 1.29 is 62.1 Å². The number of amides is 1. The molecule has 0 aromatic carbocycles. The molecular formula is C11H19NO13S. The molecule has 14 nitrogen and oxygen atoms in total. The van der Waals surface area contributed by atoms with Crippen molar-refractivity contribution in [2.24, 2.45) is 0 Å². The highest BCUT2D eigenvalue weighted by molar-refractivity contribution is 7.80. The summed E-state index contributed by atoms with van der Waals surface area (Å²) in [6, 6.07) is -1.64. The van der Waals surface area contributed by atoms with Crippen LogP contribution in [0.5, 0.6) is 0 Å². The van der Waals surface area contributed by atoms with Crippen molar-refractivity contribution in [3.63, 3.8) is 0 Å². The van der Waals surface area contributed by atoms with Gasteiger partial charge in [0, 0.05) is 6.42 Å². The van der Waals surface area contributed by atoms with Crippen LogP contribution in [-0.2, 0) is 28.9 Å². The Bertz CT molecular complexity index is 624. The minimum absolute atomic E-state index is 0.953. The molecule has 152 valence electrons. The van der Waals surface area contributed by atoms with Crippen molar-refractivity contribution in [1.82, 2.24) is 5.32 Å². The van der Waals surface area contributed by atoms with Crippen molar-refractivity contribution in [3.8, 4) is 0 Å². The topological polar surface area (TPSA) is 240 Å². The Morgan fingerprint density at radius 3 is 2.35 bits per heavy atom. The highest BCUT2D eigenvalue weighted by Gasteiger charge is 2.54. The smallest absolute Gasteiger partial charge is 0.397 e. The zero-order chi connectivity index (χ0) is 20.3. The van der Waals surface area contributed by atoms with E-state index in [-0.39, 0.29) is 0 Å². The number of aliphatic hydroxyl groups is 5. The van der Waals surface area contributed by atoms with Gasteiger partial charge >= 0.3 is 16.4 Å². The quantitative estimate of drug-likeness (QED) is 0.176. The third-order valence-electron chi connectivity index (χ3n) is 3.53. The summed E-state index contributed by atoms with van der Waals surface area (Å²) < 4.78 is 39.0. The highest BCUT2D eigenvalue weighted by atomic mass is 32.3. The van der Waals surface area contributed by atoms with Gasteiger partial charge in [-0.15, -0.1) is 0 Å². The van der Waals surface area contributed by atoms with Crippen LogP contribution in [0, 0.1) is 0 Å². The molecule has 0 radical (unpaired) electrons. The van der Waals surface area contributed by atoms with Crippen molar-refractivity contribution >= 4 is 22.3 Å². The first-order valence-electron chi connectivity index (χ1n) is 7.01. The van der Waals surface area contributed by atoms with Crippen molar-refractivity contribution in [2.75, 3.05) is 13.2 Å². The SMILES string of the molecule is O=C(CO)N[C@@H]1[C@@H](O)CC(O)(C(=O)O)O[C@H]1C(O)C(CO)OS(=O)(=O)O. The van der Waals surface area contributed by atoms with Gasteiger partial charge in [-0.1, -0.05) is 0 Å². The second-order valence-corrected chi connectivity index (χ2v) is 6.48. The predicted octanol–water partition coefficient (Wildman–Crippen LogP) is -5.07. The van der Waals surface area contributed by atoms with E-state index in [9.17, 15) is 33.3 Å². The Hall–Kier alpha value is -1.43. The number of carbonyl (C=O) groups is 2. The van der Waals surface area contributed by atoms with E-state index in [4.69, 9.17) is 24.6 Å². The molecule has 1 heterocycles. The minimum atomic E-state index is -5.17. The second kappa shape index (κ2) is 8.51. The van der Waals surface area contributed by atoms with Gasteiger partial charge in [0.15, 0.2) is 0 Å². The standard InChI is InChI=1S/C11H19NO13S/c13-2-5(25-26(21,22)23)8(17)9-7(12-6(16)3-14)4(15)1-11(20,24-9)10(18)19/h4-5,7-9,13-15,17,20H,1-3H2,(H,12,16)(H,18,19)(H,21,22,23)/t4-,5?,7+,8?,9+,11?/m0/s1. The van der Waals surface area contributed by atoms with Crippen molar-refractivity contribution in [3.05, 3.63) is 0 Å². The second-order valence-electron chi connectivity index (χ2n) is 5.43. The molecule has 3 unspecified atom stereocenters. The number of nitrogens with one attached hydrogen (secondary N) is 1. The molecule has 26 heavy (non-hydrogen) atoms. The van der Waals surface area contributed by atoms with Crippen LogP contribution in [0.3, 0.4) is 0 Å². The molecule has 0 aromatic rings. The monoisotopic (exact) mass is 405 g/mol. The maximum Gasteiger partial charge on any atom is 0.397 e. The number of rotatable bonds is 8. The molecule has 0 bridgehead atoms. The molecule has 1 saturated heterocycles. The van der Waals surface area contributed by atoms with Gasteiger partial charge in [-0.2, -0.15) is 8.42 Å². The molecule has 8 N–H and O–H groups in total. The van der Waals surface area contributed by atoms with Crippen molar-refractivity contribution in [1.29, 1.82) is 0 Å². The lowest BCUT2D eigenvalue weighted by Gasteiger charge is -2.44. The number of carbonyl (C=O) groups excluding carboxylic acids is 1. The van der Waals surface area contributed by atoms with Crippen LogP contribution in [0.1, 0.15) is 6.42 Å². The van der Waals surface area contributed by atoms with Gasteiger partial charge in [-0.05, 0) is 0 Å². The van der Waals surface area contributed by atoms with Crippen LogP contribution in [-0.4, -0.2) is 105 Å². The molecule has 0 aromatic heterocycles. The summed E-state index contributed by atoms with van der Waals surface area (Å²) in [6.07, 6.45) is -9.16. The van der Waals surface area contributed by atoms with E-state index in [1.54, 1.807) is 0 Å². The van der Waals surface area contributed by atoms with Gasteiger partial charge in [0.1, 0.15) is 24.9 Å². The van der Waals surface area contributed by atoms with Crippen molar-refractivity contribution in [2.45, 2.75) is 42.7 Å². The van der Waals surface area contributed by atoms with E-state index in [0.717, 1.165) is 0 Å². The largest absolute Gasteiger partial charge is 0.477 e. The first-order valence-corrected chi connectivity index (χ1v) is 8.37. The molecular weight excluding hydrogens is 386 g/mol. The van der Waals surface area contributed by atoms with E-state index >= 15 is 0 Å². The molecule has 1 fully saturated rings. The van der Waals surface area contributed by atoms with Gasteiger partial charge in [0.2, 0.25) is 5.91 Å². The minimum Gasteiger partial charge on any atom is -0.477 e. The van der Waals surface area contributed by atoms with Gasteiger partial charge in [-0.25, -0.2) is 8.98 Å². The van der Waals surface area contributed by atoms with Crippen LogP contribution in [0.15, 0.2) is 0 Å². The normalized spacial score (nSPS) is 31.8. The molecule has 1 aliphatic heterocycles. The zero-order valence-corrected chi connectivity index (χ0v) is 13.8. The molecule has 0 aliphatic carbocycles. The van der Waals surface area contributed by atoms with Gasteiger partial charge < -0.3 is 40.7 Å². The Balaban J connectivity index is 3.21. The Morgan fingerprint density at radius 2 is 1.92 bits per heavy atom. The van der Waals surface area contributed by atoms with E-state index in [1.165, 1.54) is 0 Å². The number of carboxylic acid groups (broad SMARTS) is 1. The van der Waals surface area contributed by atoms with E-state index in [1.807, 2.05) is 5.32 Å². The third-order valence-corrected chi connectivity index (χ3v) is 4.02. The molecule has 1 amide bonds. The van der Waals surface area contributed by atoms with Crippen LogP contribution in [0.2, 0.25) is 0 Å². The average Bonchev–Trinajstić information content (AvgIpc) is 2.53. The molecule has 1 rings (SSSR count). The summed E-state index contributed by atoms with van der Waals surface area (Å²) >= 11 is 0. The van der Waals surface area contributed by atoms with Crippen LogP contribution < -0.4 is 5.32 Å². The van der Waals surface area contributed by atoms with Gasteiger partial charge in [-0.3, -0.25) is 9.35 Å². The van der Waals surface area contributed by atoms with Crippen LogP contribution in [0.4, 0.5) is 0 Å². The molecule has 0 spiro atoms. The first kappa shape index (κ1) is 22.6. The highest BCUT2D eigenvalue weighted by Crippen LogP contribution is 2.31. The lowest BCUT2D eigenvalue weighted by atomic mass is 9.88. The maximum atomic E-state index is 11.4. The summed E-state index contributed by atoms with van der Waals surface area (Å²) in [6.45, 7) is -2.27. The molecule has 1 aliphatic rings. The molecule has 6 atom stereocenters. The number of carboxylic acids is 1. The number of aliphatic carboxylic acids is 1. The number of ether oxygens (including phenoxy) is 1. The first-order chi connectivity index (χ1) is 11.8. The summed E-state index contributed by atoms with van der Waals surface area (Å²) in [4.78, 5) is 22.5. The molecule has 15 heteroatoms. The lowest BCUT2D eigenvalue weighted by Crippen LogP contribution is -2.67. The summed E-state index contributed by atoms with van der Waals surface area (Å²) in [7, 11) is -5.17. The number of hydrogen-bond acceptors (Lipinski definition) is 11. The van der Waals surface area contributed by atoms with E-state index in [2.05, 4.69) is 4.18 Å². The Labute approximate surface area is 146 Å². The Morgan fingerprint density at radius 1 is 1.35 bits per heavy atom. The van der Waals surface area contributed by atoms with E-state index < -0.39 is 78.2 Å². The third kappa shape index (κ3) is 5.53. The summed E-state index contributed by atoms with van der Waals surface area (Å²) in [5, 5.41) is 59.0. The lowest BCUT2D eigenvalue weighted by molar-refractivity contribution is -0.294. The Kier molecular flexibility index (Phi) is 7.40. The zero-order valence-electron chi connectivity index (χ0n) is 13.0. The number of hydrogen-bond donors (Lipinski definition) is 8.